The highest BCUT2D eigenvalue weighted by molar-refractivity contribution is 5.99. The molecule has 2 heterocycles. The molecule has 2 aliphatic rings. The molecule has 0 saturated heterocycles. The second-order valence-corrected chi connectivity index (χ2v) is 6.90. The number of aryl methyl sites for hydroxylation is 1. The number of rotatable bonds is 3. The number of allylic oxidation sites excluding steroid dienone is 2. The van der Waals surface area contributed by atoms with E-state index in [9.17, 15) is 4.79 Å². The molecule has 0 bridgehead atoms. The summed E-state index contributed by atoms with van der Waals surface area (Å²) >= 11 is 0. The van der Waals surface area contributed by atoms with Gasteiger partial charge in [-0.05, 0) is 37.0 Å². The second-order valence-electron chi connectivity index (χ2n) is 6.90. The molecule has 0 spiro atoms. The lowest BCUT2D eigenvalue weighted by Crippen LogP contribution is -2.33. The van der Waals surface area contributed by atoms with E-state index in [1.54, 1.807) is 18.9 Å². The number of hydrogen-bond donors (Lipinski definition) is 1. The van der Waals surface area contributed by atoms with Crippen molar-refractivity contribution >= 4 is 11.7 Å². The van der Waals surface area contributed by atoms with E-state index in [1.807, 2.05) is 25.1 Å². The quantitative estimate of drug-likeness (QED) is 0.913. The standard InChI is InChI=1S/C19H22N4O3/c1-10-7-13-17(14(24)8-10)18(23-19(21-13)20-11(2)22-23)12-5-6-15(25-3)16(9-12)26-4/h5-6,9-10,18H,7-8H2,1-4H3,(H,20,21,22). The number of Topliss-reactive ketones (excluding diaryl/α,β-unsaturated/α-hetero) is 1. The first-order valence-corrected chi connectivity index (χ1v) is 8.70. The van der Waals surface area contributed by atoms with Gasteiger partial charge in [0, 0.05) is 17.7 Å². The molecule has 7 heteroatoms. The summed E-state index contributed by atoms with van der Waals surface area (Å²) < 4.78 is 12.6. The van der Waals surface area contributed by atoms with Crippen molar-refractivity contribution in [2.75, 3.05) is 19.5 Å². The van der Waals surface area contributed by atoms with Crippen LogP contribution in [0.5, 0.6) is 11.5 Å². The number of ether oxygens (including phenoxy) is 2. The van der Waals surface area contributed by atoms with Gasteiger partial charge in [0.25, 0.3) is 0 Å². The van der Waals surface area contributed by atoms with Gasteiger partial charge in [-0.15, -0.1) is 0 Å². The van der Waals surface area contributed by atoms with Gasteiger partial charge >= 0.3 is 0 Å². The van der Waals surface area contributed by atoms with Gasteiger partial charge in [-0.2, -0.15) is 10.1 Å². The Kier molecular flexibility index (Phi) is 3.94. The molecule has 2 unspecified atom stereocenters. The second kappa shape index (κ2) is 6.16. The van der Waals surface area contributed by atoms with Crippen molar-refractivity contribution in [3.63, 3.8) is 0 Å². The summed E-state index contributed by atoms with van der Waals surface area (Å²) in [5.41, 5.74) is 2.65. The number of aromatic nitrogens is 3. The van der Waals surface area contributed by atoms with E-state index in [0.29, 0.717) is 35.6 Å². The molecular formula is C19H22N4O3. The van der Waals surface area contributed by atoms with Gasteiger partial charge in [-0.1, -0.05) is 13.0 Å². The average molecular weight is 354 g/mol. The van der Waals surface area contributed by atoms with Crippen molar-refractivity contribution in [3.8, 4) is 11.5 Å². The third kappa shape index (κ3) is 2.55. The average Bonchev–Trinajstić information content (AvgIpc) is 2.98. The monoisotopic (exact) mass is 354 g/mol. The van der Waals surface area contributed by atoms with E-state index in [2.05, 4.69) is 22.3 Å². The lowest BCUT2D eigenvalue weighted by Gasteiger charge is -2.34. The molecule has 4 rings (SSSR count). The molecule has 2 aromatic rings. The van der Waals surface area contributed by atoms with E-state index in [1.165, 1.54) is 0 Å². The lowest BCUT2D eigenvalue weighted by atomic mass is 9.81. The van der Waals surface area contributed by atoms with Gasteiger partial charge in [0.1, 0.15) is 11.9 Å². The molecule has 1 aromatic carbocycles. The molecular weight excluding hydrogens is 332 g/mol. The number of carbonyl (C=O) groups is 1. The zero-order chi connectivity index (χ0) is 18.4. The van der Waals surface area contributed by atoms with Gasteiger partial charge in [0.05, 0.1) is 14.2 Å². The Labute approximate surface area is 152 Å². The van der Waals surface area contributed by atoms with E-state index < -0.39 is 0 Å². The van der Waals surface area contributed by atoms with Gasteiger partial charge < -0.3 is 14.8 Å². The Morgan fingerprint density at radius 3 is 2.69 bits per heavy atom. The minimum absolute atomic E-state index is 0.157. The molecule has 7 nitrogen and oxygen atoms in total. The number of ketones is 1. The molecule has 2 atom stereocenters. The number of methoxy groups -OCH3 is 2. The summed E-state index contributed by atoms with van der Waals surface area (Å²) in [7, 11) is 3.21. The van der Waals surface area contributed by atoms with Crippen LogP contribution in [0.25, 0.3) is 0 Å². The number of carbonyl (C=O) groups excluding carboxylic acids is 1. The van der Waals surface area contributed by atoms with Crippen molar-refractivity contribution in [2.45, 2.75) is 32.7 Å². The Hall–Kier alpha value is -2.83. The van der Waals surface area contributed by atoms with Crippen molar-refractivity contribution in [3.05, 3.63) is 40.9 Å². The van der Waals surface area contributed by atoms with Crippen LogP contribution in [0.2, 0.25) is 0 Å². The third-order valence-corrected chi connectivity index (χ3v) is 4.95. The zero-order valence-electron chi connectivity index (χ0n) is 15.4. The molecule has 26 heavy (non-hydrogen) atoms. The predicted octanol–water partition coefficient (Wildman–Crippen LogP) is 2.87. The van der Waals surface area contributed by atoms with Crippen LogP contribution in [0, 0.1) is 12.8 Å². The molecule has 1 aliphatic heterocycles. The zero-order valence-corrected chi connectivity index (χ0v) is 15.4. The molecule has 136 valence electrons. The number of fused-ring (bicyclic) bond motifs is 1. The maximum atomic E-state index is 12.9. The summed E-state index contributed by atoms with van der Waals surface area (Å²) in [6, 6.07) is 5.40. The van der Waals surface area contributed by atoms with E-state index in [0.717, 1.165) is 23.3 Å². The maximum absolute atomic E-state index is 12.9. The Morgan fingerprint density at radius 1 is 1.19 bits per heavy atom. The van der Waals surface area contributed by atoms with Crippen molar-refractivity contribution in [1.29, 1.82) is 0 Å². The number of anilines is 1. The van der Waals surface area contributed by atoms with Gasteiger partial charge in [0.15, 0.2) is 17.3 Å². The number of hydrogen-bond acceptors (Lipinski definition) is 6. The van der Waals surface area contributed by atoms with Gasteiger partial charge in [-0.3, -0.25) is 4.79 Å². The van der Waals surface area contributed by atoms with Crippen LogP contribution in [0.3, 0.4) is 0 Å². The molecule has 0 radical (unpaired) electrons. The van der Waals surface area contributed by atoms with Gasteiger partial charge in [0.2, 0.25) is 5.95 Å². The minimum atomic E-state index is -0.317. The molecule has 1 aliphatic carbocycles. The van der Waals surface area contributed by atoms with Crippen LogP contribution in [0.4, 0.5) is 5.95 Å². The normalized spacial score (nSPS) is 21.8. The highest BCUT2D eigenvalue weighted by atomic mass is 16.5. The largest absolute Gasteiger partial charge is 0.493 e. The first kappa shape index (κ1) is 16.6. The van der Waals surface area contributed by atoms with Gasteiger partial charge in [-0.25, -0.2) is 4.68 Å². The fourth-order valence-corrected chi connectivity index (χ4v) is 3.84. The van der Waals surface area contributed by atoms with Crippen LogP contribution < -0.4 is 14.8 Å². The SMILES string of the molecule is COc1ccc(C2C3=C(CC(C)CC3=O)Nc3nc(C)nn32)cc1OC. The fraction of sp³-hybridized carbons (Fsp3) is 0.421. The number of benzene rings is 1. The summed E-state index contributed by atoms with van der Waals surface area (Å²) in [5.74, 6) is 3.08. The van der Waals surface area contributed by atoms with Crippen molar-refractivity contribution < 1.29 is 14.3 Å². The summed E-state index contributed by atoms with van der Waals surface area (Å²) in [4.78, 5) is 17.4. The molecule has 1 N–H and O–H groups in total. The minimum Gasteiger partial charge on any atom is -0.493 e. The summed E-state index contributed by atoms with van der Waals surface area (Å²) in [6.07, 6.45) is 1.38. The highest BCUT2D eigenvalue weighted by Crippen LogP contribution is 2.42. The number of nitrogens with zero attached hydrogens (tertiary/aromatic N) is 3. The Balaban J connectivity index is 1.90. The maximum Gasteiger partial charge on any atom is 0.226 e. The Morgan fingerprint density at radius 2 is 1.96 bits per heavy atom. The van der Waals surface area contributed by atoms with Crippen LogP contribution in [-0.2, 0) is 4.79 Å². The smallest absolute Gasteiger partial charge is 0.226 e. The summed E-state index contributed by atoms with van der Waals surface area (Å²) in [6.45, 7) is 3.95. The van der Waals surface area contributed by atoms with Crippen LogP contribution >= 0.6 is 0 Å². The first-order valence-electron chi connectivity index (χ1n) is 8.70. The van der Waals surface area contributed by atoms with E-state index >= 15 is 0 Å². The first-order chi connectivity index (χ1) is 12.5. The third-order valence-electron chi connectivity index (χ3n) is 4.95. The molecule has 0 amide bonds. The topological polar surface area (TPSA) is 78.3 Å². The molecule has 1 aromatic heterocycles. The van der Waals surface area contributed by atoms with Crippen LogP contribution in [0.15, 0.2) is 29.5 Å². The van der Waals surface area contributed by atoms with E-state index in [4.69, 9.17) is 9.47 Å². The van der Waals surface area contributed by atoms with Crippen molar-refractivity contribution in [1.82, 2.24) is 14.8 Å². The van der Waals surface area contributed by atoms with Crippen LogP contribution in [-0.4, -0.2) is 34.8 Å². The molecule has 0 saturated carbocycles. The highest BCUT2D eigenvalue weighted by Gasteiger charge is 2.38. The van der Waals surface area contributed by atoms with Crippen molar-refractivity contribution in [2.24, 2.45) is 5.92 Å². The summed E-state index contributed by atoms with van der Waals surface area (Å²) in [5, 5.41) is 7.86. The number of nitrogens with one attached hydrogen (secondary N) is 1. The molecule has 0 fully saturated rings. The fourth-order valence-electron chi connectivity index (χ4n) is 3.84. The Bertz CT molecular complexity index is 916. The predicted molar refractivity (Wildman–Crippen MR) is 96.5 cm³/mol. The lowest BCUT2D eigenvalue weighted by molar-refractivity contribution is -0.117. The van der Waals surface area contributed by atoms with Crippen LogP contribution in [0.1, 0.15) is 37.2 Å². The van der Waals surface area contributed by atoms with E-state index in [-0.39, 0.29) is 11.8 Å².